The quantitative estimate of drug-likeness (QED) is 0.0593. The van der Waals surface area contributed by atoms with Crippen molar-refractivity contribution in [3.8, 4) is 11.5 Å². The van der Waals surface area contributed by atoms with Crippen molar-refractivity contribution in [2.75, 3.05) is 47.9 Å². The molecule has 0 radical (unpaired) electrons. The number of halogens is 2. The number of para-hydroxylation sites is 1. The predicted octanol–water partition coefficient (Wildman–Crippen LogP) is 9.25. The van der Waals surface area contributed by atoms with Crippen molar-refractivity contribution in [1.82, 2.24) is 15.0 Å². The van der Waals surface area contributed by atoms with Gasteiger partial charge in [-0.15, -0.1) is 11.8 Å². The van der Waals surface area contributed by atoms with E-state index in [1.807, 2.05) is 40.1 Å². The minimum absolute atomic E-state index is 0.0947. The lowest BCUT2D eigenvalue weighted by Gasteiger charge is -2.32. The zero-order valence-corrected chi connectivity index (χ0v) is 35.5. The number of hydrogen-bond acceptors (Lipinski definition) is 15. The third-order valence-electron chi connectivity index (χ3n) is 10.4. The first kappa shape index (κ1) is 45.8. The standard InChI is InChI=1S/C24H28N2O6.C20H18F2N6O2S/c1-3-31-24(28)19-13-15-25(16-14-19)21-5-4-6-22(23(21)26(29)30)32-20-11-9-18(10-12-20)8-7-17(2)27;21-13-4-5-16(15(22)11-13)26-19-18(28(29)30)20(25-12-24-19)27-9-6-14(7-10-27)31-17-3-1-2-8-23-17/h4-6,9-12,19H,3,7-8,13-16H2,1-2H3;1-5,8,11-12,14H,6-7,9-10H2,(H,24,25,26). The number of anilines is 4. The molecule has 7 rings (SSSR count). The van der Waals surface area contributed by atoms with Gasteiger partial charge in [-0.05, 0) is 100 Å². The lowest BCUT2D eigenvalue weighted by atomic mass is 9.96. The summed E-state index contributed by atoms with van der Waals surface area (Å²) in [6, 6.07) is 20.9. The number of carbonyl (C=O) groups is 2. The Kier molecular flexibility index (Phi) is 15.9. The zero-order valence-electron chi connectivity index (χ0n) is 34.7. The number of thioether (sulfide) groups is 1. The van der Waals surface area contributed by atoms with E-state index < -0.39 is 21.5 Å². The molecule has 4 heterocycles. The summed E-state index contributed by atoms with van der Waals surface area (Å²) in [4.78, 5) is 62.0. The van der Waals surface area contributed by atoms with E-state index in [9.17, 15) is 38.6 Å². The fourth-order valence-electron chi connectivity index (χ4n) is 7.17. The van der Waals surface area contributed by atoms with Crippen LogP contribution in [0.4, 0.5) is 43.2 Å². The van der Waals surface area contributed by atoms with E-state index in [4.69, 9.17) is 9.47 Å². The van der Waals surface area contributed by atoms with Gasteiger partial charge in [-0.2, -0.15) is 0 Å². The third kappa shape index (κ3) is 12.4. The molecule has 2 saturated heterocycles. The number of carbonyl (C=O) groups excluding carboxylic acids is 2. The number of nitrogens with one attached hydrogen (secondary N) is 1. The molecule has 0 bridgehead atoms. The third-order valence-corrected chi connectivity index (χ3v) is 11.7. The Morgan fingerprint density at radius 3 is 2.21 bits per heavy atom. The number of aromatic nitrogens is 3. The Hall–Kier alpha value is -6.76. The molecule has 2 aromatic heterocycles. The van der Waals surface area contributed by atoms with Crippen LogP contribution in [-0.2, 0) is 20.7 Å². The molecule has 1 N–H and O–H groups in total. The molecule has 63 heavy (non-hydrogen) atoms. The molecule has 0 unspecified atom stereocenters. The Morgan fingerprint density at radius 2 is 1.57 bits per heavy atom. The van der Waals surface area contributed by atoms with E-state index in [2.05, 4.69) is 20.3 Å². The molecular formula is C44H46F2N8O8S. The van der Waals surface area contributed by atoms with E-state index in [-0.39, 0.29) is 52.1 Å². The smallest absolute Gasteiger partial charge is 0.353 e. The van der Waals surface area contributed by atoms with Gasteiger partial charge in [0, 0.05) is 50.1 Å². The largest absolute Gasteiger partial charge is 0.466 e. The van der Waals surface area contributed by atoms with E-state index in [1.165, 1.54) is 6.33 Å². The molecular weight excluding hydrogens is 839 g/mol. The number of ketones is 1. The van der Waals surface area contributed by atoms with Crippen molar-refractivity contribution >= 4 is 57.9 Å². The second kappa shape index (κ2) is 21.9. The van der Waals surface area contributed by atoms with Crippen LogP contribution in [0.2, 0.25) is 0 Å². The normalized spacial score (nSPS) is 14.3. The molecule has 3 aromatic carbocycles. The molecule has 2 aliphatic heterocycles. The van der Waals surface area contributed by atoms with Crippen molar-refractivity contribution in [2.24, 2.45) is 5.92 Å². The average molecular weight is 885 g/mol. The molecule has 0 aliphatic carbocycles. The van der Waals surface area contributed by atoms with Crippen molar-refractivity contribution in [3.05, 3.63) is 129 Å². The van der Waals surface area contributed by atoms with Crippen molar-refractivity contribution in [2.45, 2.75) is 62.6 Å². The highest BCUT2D eigenvalue weighted by molar-refractivity contribution is 7.99. The van der Waals surface area contributed by atoms with Gasteiger partial charge >= 0.3 is 17.3 Å². The minimum Gasteiger partial charge on any atom is -0.466 e. The van der Waals surface area contributed by atoms with Crippen LogP contribution < -0.4 is 19.9 Å². The summed E-state index contributed by atoms with van der Waals surface area (Å²) < 4.78 is 38.1. The summed E-state index contributed by atoms with van der Waals surface area (Å²) >= 11 is 1.69. The van der Waals surface area contributed by atoms with Crippen molar-refractivity contribution in [1.29, 1.82) is 0 Å². The number of hydrogen-bond donors (Lipinski definition) is 1. The number of nitrogens with zero attached hydrogens (tertiary/aromatic N) is 7. The van der Waals surface area contributed by atoms with Crippen LogP contribution in [0.3, 0.4) is 0 Å². The SMILES string of the molecule is CCOC(=O)C1CCN(c2cccc(Oc3ccc(CCC(C)=O)cc3)c2[N+](=O)[O-])CC1.O=[N+]([O-])c1c(Nc2ccc(F)cc2F)ncnc1N1CCC(Sc2ccccn2)CC1. The first-order valence-electron chi connectivity index (χ1n) is 20.4. The number of ether oxygens (including phenoxy) is 2. The lowest BCUT2D eigenvalue weighted by Crippen LogP contribution is -2.37. The van der Waals surface area contributed by atoms with Gasteiger partial charge in [0.2, 0.25) is 17.4 Å². The summed E-state index contributed by atoms with van der Waals surface area (Å²) in [6.07, 6.45) is 6.84. The molecule has 16 nitrogen and oxygen atoms in total. The van der Waals surface area contributed by atoms with Crippen LogP contribution in [0.5, 0.6) is 11.5 Å². The molecule has 5 aromatic rings. The number of pyridine rings is 1. The topological polar surface area (TPSA) is 196 Å². The maximum absolute atomic E-state index is 14.0. The Morgan fingerprint density at radius 1 is 0.857 bits per heavy atom. The second-order valence-corrected chi connectivity index (χ2v) is 16.0. The first-order chi connectivity index (χ1) is 30.4. The number of aryl methyl sites for hydroxylation is 1. The van der Waals surface area contributed by atoms with Crippen LogP contribution in [0.25, 0.3) is 0 Å². The van der Waals surface area contributed by atoms with Gasteiger partial charge in [0.05, 0.1) is 33.1 Å². The number of rotatable bonds is 15. The maximum Gasteiger partial charge on any atom is 0.353 e. The van der Waals surface area contributed by atoms with Gasteiger partial charge in [-0.3, -0.25) is 25.0 Å². The average Bonchev–Trinajstić information content (AvgIpc) is 3.28. The van der Waals surface area contributed by atoms with E-state index in [1.54, 1.807) is 62.1 Å². The minimum atomic E-state index is -0.873. The van der Waals surface area contributed by atoms with Gasteiger partial charge in [-0.25, -0.2) is 23.7 Å². The number of nitro benzene ring substituents is 1. The summed E-state index contributed by atoms with van der Waals surface area (Å²) in [5, 5.41) is 27.6. The van der Waals surface area contributed by atoms with E-state index in [0.717, 1.165) is 35.6 Å². The van der Waals surface area contributed by atoms with Crippen LogP contribution >= 0.6 is 11.8 Å². The second-order valence-electron chi connectivity index (χ2n) is 14.7. The lowest BCUT2D eigenvalue weighted by molar-refractivity contribution is -0.384. The number of benzene rings is 3. The van der Waals surface area contributed by atoms with E-state index in [0.29, 0.717) is 81.2 Å². The molecule has 0 spiro atoms. The van der Waals surface area contributed by atoms with Crippen molar-refractivity contribution < 1.29 is 37.7 Å². The van der Waals surface area contributed by atoms with Gasteiger partial charge in [0.1, 0.15) is 35.2 Å². The highest BCUT2D eigenvalue weighted by Crippen LogP contribution is 2.41. The molecule has 19 heteroatoms. The molecule has 2 fully saturated rings. The van der Waals surface area contributed by atoms with Gasteiger partial charge in [0.25, 0.3) is 0 Å². The maximum atomic E-state index is 14.0. The molecule has 0 atom stereocenters. The number of esters is 1. The van der Waals surface area contributed by atoms with Gasteiger partial charge in [-0.1, -0.05) is 24.3 Å². The number of piperidine rings is 2. The zero-order chi connectivity index (χ0) is 44.9. The molecule has 0 amide bonds. The van der Waals surface area contributed by atoms with E-state index >= 15 is 0 Å². The summed E-state index contributed by atoms with van der Waals surface area (Å²) in [5.74, 6) is -1.19. The Balaban J connectivity index is 0.000000210. The Bertz CT molecular complexity index is 2380. The monoisotopic (exact) mass is 884 g/mol. The van der Waals surface area contributed by atoms with Crippen LogP contribution in [0, 0.1) is 37.8 Å². The molecule has 0 saturated carbocycles. The number of Topliss-reactive ketones (excluding diaryl/α,β-unsaturated/α-hetero) is 1. The summed E-state index contributed by atoms with van der Waals surface area (Å²) in [6.45, 7) is 5.89. The summed E-state index contributed by atoms with van der Waals surface area (Å²) in [7, 11) is 0. The number of nitro groups is 2. The predicted molar refractivity (Wildman–Crippen MR) is 234 cm³/mol. The van der Waals surface area contributed by atoms with Gasteiger partial charge < -0.3 is 29.4 Å². The molecule has 330 valence electrons. The van der Waals surface area contributed by atoms with Crippen LogP contribution in [-0.4, -0.2) is 74.6 Å². The fourth-order valence-corrected chi connectivity index (χ4v) is 8.24. The Labute approximate surface area is 366 Å². The summed E-state index contributed by atoms with van der Waals surface area (Å²) in [5.41, 5.74) is 0.928. The van der Waals surface area contributed by atoms with Gasteiger partial charge in [0.15, 0.2) is 0 Å². The van der Waals surface area contributed by atoms with Crippen LogP contribution in [0.15, 0.2) is 96.4 Å². The van der Waals surface area contributed by atoms with Crippen LogP contribution in [0.1, 0.15) is 51.5 Å². The molecule has 2 aliphatic rings. The highest BCUT2D eigenvalue weighted by atomic mass is 32.2. The fraction of sp³-hybridized carbons (Fsp3) is 0.341. The highest BCUT2D eigenvalue weighted by Gasteiger charge is 2.32. The van der Waals surface area contributed by atoms with Crippen molar-refractivity contribution in [3.63, 3.8) is 0 Å². The first-order valence-corrected chi connectivity index (χ1v) is 21.3.